The van der Waals surface area contributed by atoms with Crippen molar-refractivity contribution in [3.8, 4) is 0 Å². The molecule has 2 aromatic carbocycles. The first-order chi connectivity index (χ1) is 10.2. The molecule has 0 saturated carbocycles. The van der Waals surface area contributed by atoms with Crippen LogP contribution in [0.5, 0.6) is 0 Å². The van der Waals surface area contributed by atoms with Crippen LogP contribution in [0.3, 0.4) is 0 Å². The third-order valence-electron chi connectivity index (χ3n) is 3.22. The smallest absolute Gasteiger partial charge is 0.0766 e. The van der Waals surface area contributed by atoms with Crippen molar-refractivity contribution in [2.24, 2.45) is 0 Å². The highest BCUT2D eigenvalue weighted by atomic mass is 79.9. The van der Waals surface area contributed by atoms with E-state index in [1.54, 1.807) is 6.20 Å². The molecule has 0 saturated heterocycles. The lowest BCUT2D eigenvalue weighted by molar-refractivity contribution is 1.15. The fourth-order valence-electron chi connectivity index (χ4n) is 2.19. The van der Waals surface area contributed by atoms with Crippen molar-refractivity contribution in [1.29, 1.82) is 0 Å². The van der Waals surface area contributed by atoms with E-state index in [2.05, 4.69) is 42.2 Å². The van der Waals surface area contributed by atoms with E-state index in [9.17, 15) is 0 Å². The van der Waals surface area contributed by atoms with Gasteiger partial charge in [-0.05, 0) is 67.8 Å². The van der Waals surface area contributed by atoms with E-state index in [-0.39, 0.29) is 0 Å². The van der Waals surface area contributed by atoms with Crippen LogP contribution < -0.4 is 5.32 Å². The van der Waals surface area contributed by atoms with Crippen LogP contribution in [0.25, 0.3) is 10.9 Å². The number of hydrogen-bond acceptors (Lipinski definition) is 2. The van der Waals surface area contributed by atoms with Crippen LogP contribution >= 0.6 is 43.5 Å². The Morgan fingerprint density at radius 3 is 2.52 bits per heavy atom. The summed E-state index contributed by atoms with van der Waals surface area (Å²) in [5.41, 5.74) is 3.06. The molecule has 0 fully saturated rings. The first-order valence-corrected chi connectivity index (χ1v) is 8.33. The molecule has 106 valence electrons. The molecule has 1 N–H and O–H groups in total. The molecular formula is C16H11Br2ClN2. The first kappa shape index (κ1) is 14.8. The molecule has 1 aromatic heterocycles. The SMILES string of the molecule is Clc1ccc(CNc2c(Br)cccc2Br)c2ncccc12. The number of pyridine rings is 1. The summed E-state index contributed by atoms with van der Waals surface area (Å²) in [6.07, 6.45) is 1.79. The van der Waals surface area contributed by atoms with Crippen molar-refractivity contribution < 1.29 is 0 Å². The second kappa shape index (κ2) is 6.34. The van der Waals surface area contributed by atoms with Crippen molar-refractivity contribution in [2.45, 2.75) is 6.54 Å². The van der Waals surface area contributed by atoms with Crippen LogP contribution in [0.1, 0.15) is 5.56 Å². The molecule has 0 amide bonds. The Hall–Kier alpha value is -1.10. The third kappa shape index (κ3) is 3.07. The number of benzene rings is 2. The quantitative estimate of drug-likeness (QED) is 0.553. The number of para-hydroxylation sites is 1. The van der Waals surface area contributed by atoms with E-state index < -0.39 is 0 Å². The Bertz CT molecular complexity index is 785. The van der Waals surface area contributed by atoms with Crippen LogP contribution in [-0.4, -0.2) is 4.98 Å². The number of aromatic nitrogens is 1. The summed E-state index contributed by atoms with van der Waals surface area (Å²) in [6, 6.07) is 13.8. The molecule has 0 radical (unpaired) electrons. The monoisotopic (exact) mass is 424 g/mol. The predicted molar refractivity (Wildman–Crippen MR) is 95.9 cm³/mol. The minimum absolute atomic E-state index is 0.673. The summed E-state index contributed by atoms with van der Waals surface area (Å²) in [5, 5.41) is 5.13. The second-order valence-electron chi connectivity index (χ2n) is 4.56. The fourth-order valence-corrected chi connectivity index (χ4v) is 3.68. The molecule has 21 heavy (non-hydrogen) atoms. The van der Waals surface area contributed by atoms with Gasteiger partial charge < -0.3 is 5.32 Å². The lowest BCUT2D eigenvalue weighted by Gasteiger charge is -2.12. The molecule has 0 spiro atoms. The number of halogens is 3. The van der Waals surface area contributed by atoms with Gasteiger partial charge in [0.05, 0.1) is 11.2 Å². The van der Waals surface area contributed by atoms with Gasteiger partial charge in [-0.2, -0.15) is 0 Å². The summed E-state index contributed by atoms with van der Waals surface area (Å²) < 4.78 is 2.03. The number of anilines is 1. The molecule has 2 nitrogen and oxygen atoms in total. The number of fused-ring (bicyclic) bond motifs is 1. The highest BCUT2D eigenvalue weighted by Gasteiger charge is 2.08. The lowest BCUT2D eigenvalue weighted by atomic mass is 10.1. The Balaban J connectivity index is 1.94. The summed E-state index contributed by atoms with van der Waals surface area (Å²) in [5.74, 6) is 0. The molecule has 0 bridgehead atoms. The van der Waals surface area contributed by atoms with Crippen molar-refractivity contribution in [2.75, 3.05) is 5.32 Å². The zero-order chi connectivity index (χ0) is 14.8. The van der Waals surface area contributed by atoms with E-state index in [1.807, 2.05) is 42.5 Å². The van der Waals surface area contributed by atoms with Gasteiger partial charge in [0.15, 0.2) is 0 Å². The number of nitrogens with one attached hydrogen (secondary N) is 1. The first-order valence-electron chi connectivity index (χ1n) is 6.37. The zero-order valence-electron chi connectivity index (χ0n) is 10.9. The van der Waals surface area contributed by atoms with Crippen LogP contribution in [0, 0.1) is 0 Å². The van der Waals surface area contributed by atoms with Crippen molar-refractivity contribution in [1.82, 2.24) is 4.98 Å². The topological polar surface area (TPSA) is 24.9 Å². The van der Waals surface area contributed by atoms with Gasteiger partial charge in [-0.25, -0.2) is 0 Å². The predicted octanol–water partition coefficient (Wildman–Crippen LogP) is 6.03. The van der Waals surface area contributed by atoms with Gasteiger partial charge in [0.1, 0.15) is 0 Å². The molecule has 0 aliphatic heterocycles. The normalized spacial score (nSPS) is 10.8. The third-order valence-corrected chi connectivity index (χ3v) is 4.87. The Kier molecular flexibility index (Phi) is 4.48. The van der Waals surface area contributed by atoms with E-state index in [4.69, 9.17) is 11.6 Å². The average Bonchev–Trinajstić information content (AvgIpc) is 2.49. The fraction of sp³-hybridized carbons (Fsp3) is 0.0625. The Morgan fingerprint density at radius 2 is 1.76 bits per heavy atom. The zero-order valence-corrected chi connectivity index (χ0v) is 14.8. The summed E-state index contributed by atoms with van der Waals surface area (Å²) in [4.78, 5) is 4.45. The molecule has 0 atom stereocenters. The molecule has 0 unspecified atom stereocenters. The molecular weight excluding hydrogens is 415 g/mol. The summed E-state index contributed by atoms with van der Waals surface area (Å²) in [6.45, 7) is 0.673. The Morgan fingerprint density at radius 1 is 1.00 bits per heavy atom. The number of nitrogens with zero attached hydrogens (tertiary/aromatic N) is 1. The van der Waals surface area contributed by atoms with Crippen LogP contribution in [0.2, 0.25) is 5.02 Å². The highest BCUT2D eigenvalue weighted by molar-refractivity contribution is 9.11. The second-order valence-corrected chi connectivity index (χ2v) is 6.67. The standard InChI is InChI=1S/C16H11Br2ClN2/c17-12-4-1-5-13(18)16(12)21-9-10-6-7-14(19)11-3-2-8-20-15(10)11/h1-8,21H,9H2. The highest BCUT2D eigenvalue weighted by Crippen LogP contribution is 2.32. The van der Waals surface area contributed by atoms with Gasteiger partial charge in [-0.1, -0.05) is 23.7 Å². The van der Waals surface area contributed by atoms with Crippen LogP contribution in [0.15, 0.2) is 57.6 Å². The molecule has 0 aliphatic rings. The van der Waals surface area contributed by atoms with Gasteiger partial charge >= 0.3 is 0 Å². The maximum atomic E-state index is 6.22. The number of rotatable bonds is 3. The maximum absolute atomic E-state index is 6.22. The molecule has 1 heterocycles. The molecule has 0 aliphatic carbocycles. The Labute approximate surface area is 144 Å². The van der Waals surface area contributed by atoms with Crippen LogP contribution in [-0.2, 0) is 6.54 Å². The van der Waals surface area contributed by atoms with Gasteiger partial charge in [-0.15, -0.1) is 0 Å². The van der Waals surface area contributed by atoms with Crippen LogP contribution in [0.4, 0.5) is 5.69 Å². The van der Waals surface area contributed by atoms with Gasteiger partial charge in [0.25, 0.3) is 0 Å². The van der Waals surface area contributed by atoms with Crippen molar-refractivity contribution in [3.63, 3.8) is 0 Å². The van der Waals surface area contributed by atoms with Gasteiger partial charge in [0.2, 0.25) is 0 Å². The summed E-state index contributed by atoms with van der Waals surface area (Å²) in [7, 11) is 0. The lowest BCUT2D eigenvalue weighted by Crippen LogP contribution is -2.02. The summed E-state index contributed by atoms with van der Waals surface area (Å²) >= 11 is 13.3. The maximum Gasteiger partial charge on any atom is 0.0766 e. The minimum Gasteiger partial charge on any atom is -0.379 e. The largest absolute Gasteiger partial charge is 0.379 e. The molecule has 5 heteroatoms. The average molecular weight is 427 g/mol. The number of hydrogen-bond donors (Lipinski definition) is 1. The van der Waals surface area contributed by atoms with E-state index in [0.29, 0.717) is 6.54 Å². The molecule has 3 rings (SSSR count). The van der Waals surface area contributed by atoms with E-state index >= 15 is 0 Å². The minimum atomic E-state index is 0.673. The van der Waals surface area contributed by atoms with Crippen molar-refractivity contribution in [3.05, 3.63) is 68.2 Å². The van der Waals surface area contributed by atoms with E-state index in [0.717, 1.165) is 36.1 Å². The molecule has 3 aromatic rings. The van der Waals surface area contributed by atoms with E-state index in [1.165, 1.54) is 0 Å². The van der Waals surface area contributed by atoms with Crippen molar-refractivity contribution >= 4 is 60.1 Å². The van der Waals surface area contributed by atoms with Gasteiger partial charge in [0, 0.05) is 32.1 Å². The van der Waals surface area contributed by atoms with Gasteiger partial charge in [-0.3, -0.25) is 4.98 Å².